The molecule has 2 aliphatic rings. The lowest BCUT2D eigenvalue weighted by molar-refractivity contribution is -0.148. The summed E-state index contributed by atoms with van der Waals surface area (Å²) in [4.78, 5) is 42.0. The van der Waals surface area contributed by atoms with Crippen LogP contribution in [0.1, 0.15) is 25.3 Å². The van der Waals surface area contributed by atoms with Crippen LogP contribution in [0.25, 0.3) is 10.9 Å². The van der Waals surface area contributed by atoms with Crippen molar-refractivity contribution in [2.24, 2.45) is 5.92 Å². The number of carbonyl (C=O) groups is 3. The fourth-order valence-electron chi connectivity index (χ4n) is 3.37. The van der Waals surface area contributed by atoms with Gasteiger partial charge in [0.15, 0.2) is 0 Å². The van der Waals surface area contributed by atoms with E-state index in [1.54, 1.807) is 13.0 Å². The zero-order valence-corrected chi connectivity index (χ0v) is 15.5. The first-order chi connectivity index (χ1) is 12.9. The van der Waals surface area contributed by atoms with Crippen LogP contribution in [0.3, 0.4) is 0 Å². The maximum Gasteiger partial charge on any atom is 0.326 e. The molecular weight excluding hydrogens is 370 g/mol. The van der Waals surface area contributed by atoms with Crippen LogP contribution in [0.2, 0.25) is 5.15 Å². The molecule has 0 bridgehead atoms. The molecule has 0 radical (unpaired) electrons. The number of carbonyl (C=O) groups excluding carboxylic acids is 3. The number of pyridine rings is 1. The Hall–Kier alpha value is -2.67. The van der Waals surface area contributed by atoms with Gasteiger partial charge in [0.1, 0.15) is 23.8 Å². The first kappa shape index (κ1) is 17.7. The minimum absolute atomic E-state index is 0.0843. The molecule has 1 aromatic heterocycles. The molecule has 7 nitrogen and oxygen atoms in total. The van der Waals surface area contributed by atoms with Crippen LogP contribution in [0.5, 0.6) is 0 Å². The number of urea groups is 1. The first-order valence-electron chi connectivity index (χ1n) is 8.72. The monoisotopic (exact) mass is 387 g/mol. The lowest BCUT2D eigenvalue weighted by Crippen LogP contribution is -2.46. The van der Waals surface area contributed by atoms with Crippen molar-refractivity contribution in [2.45, 2.75) is 31.9 Å². The van der Waals surface area contributed by atoms with E-state index in [1.165, 1.54) is 0 Å². The molecule has 140 valence electrons. The standard InChI is InChI=1S/C19H18ClN3O4/c1-19(13-6-7-13)17(25)23(18(26)22-19)9-15(24)27-10-12-8-11-4-2-3-5-14(11)21-16(12)20/h2-5,8,13H,6-7,9-10H2,1H3,(H,22,26)/t19-/m0/s1. The van der Waals surface area contributed by atoms with Crippen molar-refractivity contribution in [3.63, 3.8) is 0 Å². The van der Waals surface area contributed by atoms with Gasteiger partial charge in [-0.15, -0.1) is 0 Å². The van der Waals surface area contributed by atoms with Crippen molar-refractivity contribution in [1.29, 1.82) is 0 Å². The number of benzene rings is 1. The number of nitrogens with one attached hydrogen (secondary N) is 1. The minimum Gasteiger partial charge on any atom is -0.459 e. The van der Waals surface area contributed by atoms with E-state index in [2.05, 4.69) is 10.3 Å². The van der Waals surface area contributed by atoms with Gasteiger partial charge in [-0.1, -0.05) is 29.8 Å². The SMILES string of the molecule is C[C@@]1(C2CC2)NC(=O)N(CC(=O)OCc2cc3ccccc3nc2Cl)C1=O. The van der Waals surface area contributed by atoms with Crippen LogP contribution >= 0.6 is 11.6 Å². The van der Waals surface area contributed by atoms with E-state index < -0.39 is 24.1 Å². The van der Waals surface area contributed by atoms with E-state index >= 15 is 0 Å². The molecule has 1 N–H and O–H groups in total. The van der Waals surface area contributed by atoms with Crippen LogP contribution in [-0.2, 0) is 20.9 Å². The average molecular weight is 388 g/mol. The van der Waals surface area contributed by atoms with Crippen LogP contribution in [0, 0.1) is 5.92 Å². The third-order valence-electron chi connectivity index (χ3n) is 5.12. The number of hydrogen-bond acceptors (Lipinski definition) is 5. The number of esters is 1. The van der Waals surface area contributed by atoms with Crippen molar-refractivity contribution in [2.75, 3.05) is 6.54 Å². The molecule has 2 aromatic rings. The van der Waals surface area contributed by atoms with Gasteiger partial charge in [0.25, 0.3) is 5.91 Å². The Balaban J connectivity index is 1.41. The molecule has 0 unspecified atom stereocenters. The Morgan fingerprint density at radius 3 is 2.85 bits per heavy atom. The van der Waals surface area contributed by atoms with Crippen molar-refractivity contribution in [1.82, 2.24) is 15.2 Å². The average Bonchev–Trinajstić information content (AvgIpc) is 3.46. The number of para-hydroxylation sites is 1. The van der Waals surface area contributed by atoms with Gasteiger partial charge >= 0.3 is 12.0 Å². The number of aromatic nitrogens is 1. The lowest BCUT2D eigenvalue weighted by Gasteiger charge is -2.20. The van der Waals surface area contributed by atoms with E-state index in [9.17, 15) is 14.4 Å². The molecule has 1 aliphatic carbocycles. The Morgan fingerprint density at radius 2 is 2.11 bits per heavy atom. The zero-order chi connectivity index (χ0) is 19.2. The summed E-state index contributed by atoms with van der Waals surface area (Å²) in [6, 6.07) is 8.70. The van der Waals surface area contributed by atoms with Gasteiger partial charge < -0.3 is 10.1 Å². The highest BCUT2D eigenvalue weighted by Gasteiger charge is 2.56. The topological polar surface area (TPSA) is 88.6 Å². The summed E-state index contributed by atoms with van der Waals surface area (Å²) >= 11 is 6.15. The van der Waals surface area contributed by atoms with Crippen molar-refractivity contribution >= 4 is 40.4 Å². The van der Waals surface area contributed by atoms with Gasteiger partial charge in [-0.25, -0.2) is 9.78 Å². The maximum atomic E-state index is 12.5. The normalized spacial score (nSPS) is 22.2. The van der Waals surface area contributed by atoms with E-state index in [4.69, 9.17) is 16.3 Å². The zero-order valence-electron chi connectivity index (χ0n) is 14.7. The van der Waals surface area contributed by atoms with Crippen molar-refractivity contribution in [3.05, 3.63) is 41.0 Å². The second-order valence-corrected chi connectivity index (χ2v) is 7.45. The molecule has 1 aromatic carbocycles. The third-order valence-corrected chi connectivity index (χ3v) is 5.45. The highest BCUT2D eigenvalue weighted by atomic mass is 35.5. The number of halogens is 1. The smallest absolute Gasteiger partial charge is 0.326 e. The molecule has 0 spiro atoms. The quantitative estimate of drug-likeness (QED) is 0.484. The summed E-state index contributed by atoms with van der Waals surface area (Å²) < 4.78 is 5.22. The molecule has 2 fully saturated rings. The molecule has 1 atom stereocenters. The second kappa shape index (κ2) is 6.49. The van der Waals surface area contributed by atoms with Crippen LogP contribution in [0.4, 0.5) is 4.79 Å². The molecule has 1 saturated heterocycles. The molecule has 4 rings (SSSR count). The highest BCUT2D eigenvalue weighted by molar-refractivity contribution is 6.30. The summed E-state index contributed by atoms with van der Waals surface area (Å²) in [6.07, 6.45) is 1.79. The summed E-state index contributed by atoms with van der Waals surface area (Å²) in [5, 5.41) is 3.82. The van der Waals surface area contributed by atoms with E-state index in [0.717, 1.165) is 28.6 Å². The number of fused-ring (bicyclic) bond motifs is 1. The summed E-state index contributed by atoms with van der Waals surface area (Å²) in [6.45, 7) is 1.20. The predicted molar refractivity (Wildman–Crippen MR) is 97.9 cm³/mol. The van der Waals surface area contributed by atoms with Crippen LogP contribution < -0.4 is 5.32 Å². The Morgan fingerprint density at radius 1 is 1.37 bits per heavy atom. The Kier molecular flexibility index (Phi) is 4.26. The molecule has 1 saturated carbocycles. The molecule has 1 aliphatic heterocycles. The highest BCUT2D eigenvalue weighted by Crippen LogP contribution is 2.42. The molecule has 8 heteroatoms. The number of rotatable bonds is 5. The number of nitrogens with zero attached hydrogens (tertiary/aromatic N) is 2. The Labute approximate surface area is 160 Å². The van der Waals surface area contributed by atoms with Gasteiger partial charge in [-0.05, 0) is 37.8 Å². The van der Waals surface area contributed by atoms with Gasteiger partial charge in [-0.3, -0.25) is 14.5 Å². The predicted octanol–water partition coefficient (Wildman–Crippen LogP) is 2.65. The van der Waals surface area contributed by atoms with Gasteiger partial charge in [0.2, 0.25) is 0 Å². The van der Waals surface area contributed by atoms with Crippen molar-refractivity contribution < 1.29 is 19.1 Å². The molecule has 3 amide bonds. The molecule has 2 heterocycles. The second-order valence-electron chi connectivity index (χ2n) is 7.09. The number of imide groups is 1. The number of hydrogen-bond donors (Lipinski definition) is 1. The van der Waals surface area contributed by atoms with Crippen LogP contribution in [0.15, 0.2) is 30.3 Å². The largest absolute Gasteiger partial charge is 0.459 e. The Bertz CT molecular complexity index is 959. The molecule has 27 heavy (non-hydrogen) atoms. The first-order valence-corrected chi connectivity index (χ1v) is 9.10. The summed E-state index contributed by atoms with van der Waals surface area (Å²) in [5.74, 6) is -0.919. The van der Waals surface area contributed by atoms with E-state index in [1.807, 2.05) is 24.3 Å². The van der Waals surface area contributed by atoms with Gasteiger partial charge in [-0.2, -0.15) is 0 Å². The lowest BCUT2D eigenvalue weighted by atomic mass is 9.96. The maximum absolute atomic E-state index is 12.5. The van der Waals surface area contributed by atoms with Crippen LogP contribution in [-0.4, -0.2) is 39.9 Å². The minimum atomic E-state index is -0.914. The van der Waals surface area contributed by atoms with E-state index in [-0.39, 0.29) is 23.6 Å². The van der Waals surface area contributed by atoms with Gasteiger partial charge in [0.05, 0.1) is 5.52 Å². The summed E-state index contributed by atoms with van der Waals surface area (Å²) in [7, 11) is 0. The number of ether oxygens (including phenoxy) is 1. The third kappa shape index (κ3) is 3.23. The van der Waals surface area contributed by atoms with Gasteiger partial charge in [0, 0.05) is 10.9 Å². The fourth-order valence-corrected chi connectivity index (χ4v) is 3.57. The fraction of sp³-hybridized carbons (Fsp3) is 0.368. The van der Waals surface area contributed by atoms with E-state index in [0.29, 0.717) is 5.56 Å². The number of amides is 3. The van der Waals surface area contributed by atoms with Crippen molar-refractivity contribution in [3.8, 4) is 0 Å². The molecular formula is C19H18ClN3O4. The summed E-state index contributed by atoms with van der Waals surface area (Å²) in [5.41, 5.74) is 0.392.